The zero-order chi connectivity index (χ0) is 20.7. The van der Waals surface area contributed by atoms with Crippen LogP contribution in [0.3, 0.4) is 0 Å². The van der Waals surface area contributed by atoms with E-state index < -0.39 is 22.5 Å². The molecule has 3 N–H and O–H groups in total. The summed E-state index contributed by atoms with van der Waals surface area (Å²) in [5, 5.41) is 8.18. The van der Waals surface area contributed by atoms with Gasteiger partial charge in [0.15, 0.2) is 5.75 Å². The van der Waals surface area contributed by atoms with E-state index in [0.717, 1.165) is 11.6 Å². The molecule has 3 rings (SSSR count). The second kappa shape index (κ2) is 7.29. The predicted molar refractivity (Wildman–Crippen MR) is 99.3 cm³/mol. The lowest BCUT2D eigenvalue weighted by Crippen LogP contribution is -2.12. The molecule has 0 unspecified atom stereocenters. The van der Waals surface area contributed by atoms with Crippen LogP contribution in [0.25, 0.3) is 0 Å². The fourth-order valence-corrected chi connectivity index (χ4v) is 4.22. The van der Waals surface area contributed by atoms with E-state index in [-0.39, 0.29) is 33.6 Å². The van der Waals surface area contributed by atoms with E-state index in [4.69, 9.17) is 5.14 Å². The van der Waals surface area contributed by atoms with Gasteiger partial charge in [-0.2, -0.15) is 8.78 Å². The molecule has 152 valence electrons. The molecule has 0 aromatic heterocycles. The minimum Gasteiger partial charge on any atom is -0.433 e. The van der Waals surface area contributed by atoms with Crippen molar-refractivity contribution in [3.05, 3.63) is 53.8 Å². The number of sulfonamides is 1. The molecule has 5 nitrogen and oxygen atoms in total. The first kappa shape index (κ1) is 20.5. The fourth-order valence-electron chi connectivity index (χ4n) is 3.71. The van der Waals surface area contributed by atoms with E-state index in [0.29, 0.717) is 6.54 Å². The molecule has 1 aliphatic carbocycles. The first-order chi connectivity index (χ1) is 13.0. The summed E-state index contributed by atoms with van der Waals surface area (Å²) in [5.41, 5.74) is 1.17. The first-order valence-electron chi connectivity index (χ1n) is 8.61. The van der Waals surface area contributed by atoms with Gasteiger partial charge in [0.25, 0.3) is 0 Å². The van der Waals surface area contributed by atoms with E-state index >= 15 is 0 Å². The second-order valence-electron chi connectivity index (χ2n) is 7.42. The monoisotopic (exact) mass is 414 g/mol. The number of benzene rings is 2. The number of hydrogen-bond acceptors (Lipinski definition) is 4. The largest absolute Gasteiger partial charge is 0.433 e. The van der Waals surface area contributed by atoms with Crippen LogP contribution in [0, 0.1) is 17.2 Å². The Balaban J connectivity index is 1.72. The fraction of sp³-hybridized carbons (Fsp3) is 0.368. The van der Waals surface area contributed by atoms with Crippen molar-refractivity contribution in [3.63, 3.8) is 0 Å². The third-order valence-electron chi connectivity index (χ3n) is 5.29. The van der Waals surface area contributed by atoms with Gasteiger partial charge in [0.1, 0.15) is 5.82 Å². The highest BCUT2D eigenvalue weighted by Gasteiger charge is 2.57. The Morgan fingerprint density at radius 1 is 1.18 bits per heavy atom. The number of nitrogens with two attached hydrogens (primary N) is 1. The van der Waals surface area contributed by atoms with Crippen molar-refractivity contribution in [2.24, 2.45) is 16.5 Å². The quantitative estimate of drug-likeness (QED) is 0.719. The van der Waals surface area contributed by atoms with Crippen LogP contribution < -0.4 is 15.2 Å². The highest BCUT2D eigenvalue weighted by atomic mass is 32.2. The number of rotatable bonds is 7. The molecule has 0 spiro atoms. The number of nitrogens with one attached hydrogen (secondary N) is 1. The lowest BCUT2D eigenvalue weighted by molar-refractivity contribution is -0.0495. The number of anilines is 1. The minimum atomic E-state index is -3.75. The Morgan fingerprint density at radius 3 is 2.39 bits per heavy atom. The van der Waals surface area contributed by atoms with Gasteiger partial charge >= 0.3 is 6.61 Å². The Hall–Kier alpha value is -2.26. The van der Waals surface area contributed by atoms with Crippen molar-refractivity contribution in [1.29, 1.82) is 0 Å². The predicted octanol–water partition coefficient (Wildman–Crippen LogP) is 3.93. The van der Waals surface area contributed by atoms with E-state index in [9.17, 15) is 21.6 Å². The molecule has 0 aliphatic heterocycles. The van der Waals surface area contributed by atoms with Crippen molar-refractivity contribution >= 4 is 15.7 Å². The summed E-state index contributed by atoms with van der Waals surface area (Å²) in [6.07, 6.45) is 0. The van der Waals surface area contributed by atoms with Crippen molar-refractivity contribution in [2.45, 2.75) is 31.3 Å². The van der Waals surface area contributed by atoms with Crippen molar-refractivity contribution in [3.8, 4) is 5.75 Å². The molecule has 0 bridgehead atoms. The second-order valence-corrected chi connectivity index (χ2v) is 8.98. The van der Waals surface area contributed by atoms with E-state index in [1.54, 1.807) is 12.1 Å². The zero-order valence-corrected chi connectivity index (χ0v) is 16.1. The highest BCUT2D eigenvalue weighted by molar-refractivity contribution is 7.89. The maximum absolute atomic E-state index is 13.3. The van der Waals surface area contributed by atoms with Crippen LogP contribution in [-0.2, 0) is 10.0 Å². The highest BCUT2D eigenvalue weighted by Crippen LogP contribution is 2.64. The van der Waals surface area contributed by atoms with Crippen molar-refractivity contribution < 1.29 is 26.3 Å². The van der Waals surface area contributed by atoms with Gasteiger partial charge in [-0.05, 0) is 47.1 Å². The topological polar surface area (TPSA) is 81.4 Å². The summed E-state index contributed by atoms with van der Waals surface area (Å²) in [4.78, 5) is 0.0458. The zero-order valence-electron chi connectivity index (χ0n) is 15.3. The SMILES string of the molecule is CC1(C)[C@@H](CNc2ccc(F)cc2OC(F)F)[C@@H]1c1ccc(S(N)(=O)=O)cc1. The third kappa shape index (κ3) is 4.25. The van der Waals surface area contributed by atoms with Crippen LogP contribution in [0.1, 0.15) is 25.3 Å². The molecule has 2 aromatic carbocycles. The van der Waals surface area contributed by atoms with Gasteiger partial charge in [0, 0.05) is 12.6 Å². The Morgan fingerprint density at radius 2 is 1.82 bits per heavy atom. The molecular formula is C19H21F3N2O3S. The van der Waals surface area contributed by atoms with Crippen LogP contribution in [0.2, 0.25) is 0 Å². The first-order valence-corrected chi connectivity index (χ1v) is 10.2. The van der Waals surface area contributed by atoms with Crippen LogP contribution >= 0.6 is 0 Å². The van der Waals surface area contributed by atoms with Gasteiger partial charge in [-0.15, -0.1) is 0 Å². The Labute approximate surface area is 161 Å². The minimum absolute atomic E-state index is 0.0458. The maximum Gasteiger partial charge on any atom is 0.387 e. The average molecular weight is 414 g/mol. The molecule has 1 aliphatic rings. The molecule has 0 saturated heterocycles. The summed E-state index contributed by atoms with van der Waals surface area (Å²) in [5.74, 6) is -0.602. The van der Waals surface area contributed by atoms with Gasteiger partial charge in [-0.25, -0.2) is 17.9 Å². The molecular weight excluding hydrogens is 393 g/mol. The molecule has 1 fully saturated rings. The molecule has 2 atom stereocenters. The molecule has 1 saturated carbocycles. The van der Waals surface area contributed by atoms with Crippen LogP contribution in [0.15, 0.2) is 47.4 Å². The molecule has 0 amide bonds. The molecule has 0 heterocycles. The summed E-state index contributed by atoms with van der Waals surface area (Å²) in [7, 11) is -3.75. The molecule has 28 heavy (non-hydrogen) atoms. The van der Waals surface area contributed by atoms with Crippen molar-refractivity contribution in [2.75, 3.05) is 11.9 Å². The van der Waals surface area contributed by atoms with E-state index in [1.165, 1.54) is 24.3 Å². The third-order valence-corrected chi connectivity index (χ3v) is 6.22. The number of ether oxygens (including phenoxy) is 1. The van der Waals surface area contributed by atoms with E-state index in [2.05, 4.69) is 23.9 Å². The Kier molecular flexibility index (Phi) is 5.33. The van der Waals surface area contributed by atoms with Gasteiger partial charge in [-0.3, -0.25) is 0 Å². The summed E-state index contributed by atoms with van der Waals surface area (Å²) >= 11 is 0. The number of primary sulfonamides is 1. The number of hydrogen-bond donors (Lipinski definition) is 2. The van der Waals surface area contributed by atoms with Crippen molar-refractivity contribution in [1.82, 2.24) is 0 Å². The smallest absolute Gasteiger partial charge is 0.387 e. The normalized spacial score (nSPS) is 20.8. The maximum atomic E-state index is 13.3. The van der Waals surface area contributed by atoms with Crippen LogP contribution in [0.5, 0.6) is 5.75 Å². The summed E-state index contributed by atoms with van der Waals surface area (Å²) < 4.78 is 65.6. The lowest BCUT2D eigenvalue weighted by Gasteiger charge is -2.13. The van der Waals surface area contributed by atoms with Gasteiger partial charge in [0.2, 0.25) is 10.0 Å². The van der Waals surface area contributed by atoms with Gasteiger partial charge in [-0.1, -0.05) is 26.0 Å². The van der Waals surface area contributed by atoms with Crippen LogP contribution in [0.4, 0.5) is 18.9 Å². The number of halogens is 3. The molecule has 9 heteroatoms. The van der Waals surface area contributed by atoms with Gasteiger partial charge < -0.3 is 10.1 Å². The Bertz CT molecular complexity index is 963. The van der Waals surface area contributed by atoms with Gasteiger partial charge in [0.05, 0.1) is 10.6 Å². The summed E-state index contributed by atoms with van der Waals surface area (Å²) in [6.45, 7) is 1.54. The lowest BCUT2D eigenvalue weighted by atomic mass is 10.0. The van der Waals surface area contributed by atoms with E-state index in [1.807, 2.05) is 0 Å². The standard InChI is InChI=1S/C19H21F3N2O3S/c1-19(2)14(17(19)11-3-6-13(7-4-11)28(23,25)26)10-24-15-8-5-12(20)9-16(15)27-18(21)22/h3-9,14,17-18,24H,10H2,1-2H3,(H2,23,25,26)/t14-,17-/m0/s1. The molecule has 0 radical (unpaired) electrons. The average Bonchev–Trinajstić information content (AvgIpc) is 3.13. The summed E-state index contributed by atoms with van der Waals surface area (Å²) in [6, 6.07) is 9.84. The number of alkyl halides is 2. The van der Waals surface area contributed by atoms with Crippen LogP contribution in [-0.4, -0.2) is 21.6 Å². The molecule has 2 aromatic rings.